The first-order valence-corrected chi connectivity index (χ1v) is 8.66. The molecule has 6 heteroatoms. The van der Waals surface area contributed by atoms with Crippen molar-refractivity contribution in [1.82, 2.24) is 14.5 Å². The number of amides is 1. The van der Waals surface area contributed by atoms with Crippen LogP contribution in [0.4, 0.5) is 5.69 Å². The highest BCUT2D eigenvalue weighted by atomic mass is 35.5. The predicted octanol–water partition coefficient (Wildman–Crippen LogP) is 4.19. The second-order valence-corrected chi connectivity index (χ2v) is 6.48. The van der Waals surface area contributed by atoms with Crippen molar-refractivity contribution in [2.24, 2.45) is 0 Å². The zero-order chi connectivity index (χ0) is 17.2. The molecule has 2 aromatic heterocycles. The van der Waals surface area contributed by atoms with E-state index < -0.39 is 0 Å². The van der Waals surface area contributed by atoms with Gasteiger partial charge in [-0.3, -0.25) is 4.79 Å². The molecule has 0 fully saturated rings. The summed E-state index contributed by atoms with van der Waals surface area (Å²) in [5.41, 5.74) is 3.23. The van der Waals surface area contributed by atoms with Gasteiger partial charge in [0.05, 0.1) is 11.3 Å². The molecular formula is C19H17ClN4O. The van der Waals surface area contributed by atoms with Crippen molar-refractivity contribution in [3.63, 3.8) is 0 Å². The number of aryl methyl sites for hydroxylation is 2. The van der Waals surface area contributed by atoms with Crippen molar-refractivity contribution in [2.75, 3.05) is 5.32 Å². The minimum absolute atomic E-state index is 0.214. The molecule has 3 heterocycles. The van der Waals surface area contributed by atoms with Crippen LogP contribution in [0.3, 0.4) is 0 Å². The Kier molecular flexibility index (Phi) is 4.24. The fourth-order valence-electron chi connectivity index (χ4n) is 2.99. The molecule has 0 saturated carbocycles. The number of hydrogen-bond acceptors (Lipinski definition) is 3. The van der Waals surface area contributed by atoms with Crippen LogP contribution < -0.4 is 5.32 Å². The van der Waals surface area contributed by atoms with Crippen LogP contribution in [0, 0.1) is 0 Å². The third kappa shape index (κ3) is 3.42. The molecule has 5 nitrogen and oxygen atoms in total. The fourth-order valence-corrected chi connectivity index (χ4v) is 3.10. The Morgan fingerprint density at radius 2 is 1.96 bits per heavy atom. The first kappa shape index (κ1) is 15.8. The van der Waals surface area contributed by atoms with Gasteiger partial charge in [-0.25, -0.2) is 9.97 Å². The number of anilines is 1. The van der Waals surface area contributed by atoms with Gasteiger partial charge in [0.2, 0.25) is 0 Å². The number of pyridine rings is 1. The van der Waals surface area contributed by atoms with Crippen LogP contribution in [0.1, 0.15) is 29.0 Å². The lowest BCUT2D eigenvalue weighted by molar-refractivity contribution is 0.102. The highest BCUT2D eigenvalue weighted by Gasteiger charge is 2.13. The second kappa shape index (κ2) is 6.69. The normalized spacial score (nSPS) is 13.3. The predicted molar refractivity (Wildman–Crippen MR) is 97.8 cm³/mol. The maximum atomic E-state index is 12.2. The molecule has 0 saturated heterocycles. The van der Waals surface area contributed by atoms with Crippen LogP contribution in [0.25, 0.3) is 11.3 Å². The third-order valence-corrected chi connectivity index (χ3v) is 4.56. The summed E-state index contributed by atoms with van der Waals surface area (Å²) in [6.45, 7) is 1.05. The topological polar surface area (TPSA) is 59.8 Å². The number of nitrogens with one attached hydrogen (secondary N) is 1. The van der Waals surface area contributed by atoms with Gasteiger partial charge in [-0.05, 0) is 37.1 Å². The van der Waals surface area contributed by atoms with Crippen molar-refractivity contribution in [3.8, 4) is 11.3 Å². The lowest BCUT2D eigenvalue weighted by atomic mass is 10.1. The number of halogens is 1. The first-order chi connectivity index (χ1) is 12.2. The van der Waals surface area contributed by atoms with Crippen LogP contribution in [0.5, 0.6) is 0 Å². The number of carbonyl (C=O) groups excluding carboxylic acids is 1. The van der Waals surface area contributed by atoms with Gasteiger partial charge in [0.25, 0.3) is 5.91 Å². The molecule has 0 unspecified atom stereocenters. The van der Waals surface area contributed by atoms with E-state index in [2.05, 4.69) is 21.1 Å². The molecule has 0 bridgehead atoms. The summed E-state index contributed by atoms with van der Waals surface area (Å²) >= 11 is 5.74. The molecule has 0 aliphatic carbocycles. The molecule has 0 atom stereocenters. The Balaban J connectivity index is 1.49. The number of nitrogens with zero attached hydrogens (tertiary/aromatic N) is 3. The van der Waals surface area contributed by atoms with Gasteiger partial charge in [0, 0.05) is 36.6 Å². The fraction of sp³-hybridized carbons (Fsp3) is 0.211. The van der Waals surface area contributed by atoms with E-state index >= 15 is 0 Å². The molecule has 126 valence electrons. The summed E-state index contributed by atoms with van der Waals surface area (Å²) in [5.74, 6) is 0.947. The monoisotopic (exact) mass is 352 g/mol. The van der Waals surface area contributed by atoms with E-state index in [1.807, 2.05) is 24.3 Å². The minimum Gasteiger partial charge on any atom is -0.334 e. The van der Waals surface area contributed by atoms with Gasteiger partial charge >= 0.3 is 0 Å². The van der Waals surface area contributed by atoms with Gasteiger partial charge in [-0.1, -0.05) is 23.7 Å². The average Bonchev–Trinajstić information content (AvgIpc) is 3.07. The Hall–Kier alpha value is -2.66. The largest absolute Gasteiger partial charge is 0.334 e. The van der Waals surface area contributed by atoms with Crippen LogP contribution in [-0.2, 0) is 13.0 Å². The lowest BCUT2D eigenvalue weighted by Crippen LogP contribution is -2.11. The Labute approximate surface area is 150 Å². The molecule has 1 aliphatic rings. The third-order valence-electron chi connectivity index (χ3n) is 4.34. The molecule has 4 rings (SSSR count). The highest BCUT2D eigenvalue weighted by Crippen LogP contribution is 2.24. The van der Waals surface area contributed by atoms with Crippen LogP contribution in [-0.4, -0.2) is 20.4 Å². The molecule has 0 radical (unpaired) electrons. The van der Waals surface area contributed by atoms with Gasteiger partial charge in [-0.2, -0.15) is 0 Å². The standard InChI is InChI=1S/C19H17ClN4O/c20-17-9-6-14(11-21-17)19(25)22-15-7-4-13(5-8-15)16-12-24-10-2-1-3-18(24)23-16/h4-9,11-12H,1-3,10H2,(H,22,25). The Bertz CT molecular complexity index is 877. The van der Waals surface area contributed by atoms with E-state index in [0.717, 1.165) is 35.7 Å². The maximum absolute atomic E-state index is 12.2. The SMILES string of the molecule is O=C(Nc1ccc(-c2cn3c(n2)CCCC3)cc1)c1ccc(Cl)nc1. The second-order valence-electron chi connectivity index (χ2n) is 6.09. The summed E-state index contributed by atoms with van der Waals surface area (Å²) in [6.07, 6.45) is 7.04. The number of imidazole rings is 1. The summed E-state index contributed by atoms with van der Waals surface area (Å²) in [4.78, 5) is 20.8. The number of rotatable bonds is 3. The molecule has 25 heavy (non-hydrogen) atoms. The van der Waals surface area contributed by atoms with Crippen molar-refractivity contribution in [1.29, 1.82) is 0 Å². The zero-order valence-corrected chi connectivity index (χ0v) is 14.3. The average molecular weight is 353 g/mol. The first-order valence-electron chi connectivity index (χ1n) is 8.28. The van der Waals surface area contributed by atoms with Gasteiger partial charge in [0.1, 0.15) is 11.0 Å². The smallest absolute Gasteiger partial charge is 0.257 e. The van der Waals surface area contributed by atoms with E-state index in [0.29, 0.717) is 10.7 Å². The summed E-state index contributed by atoms with van der Waals surface area (Å²) in [7, 11) is 0. The molecule has 0 spiro atoms. The van der Waals surface area contributed by atoms with E-state index in [-0.39, 0.29) is 5.91 Å². The molecule has 1 amide bonds. The van der Waals surface area contributed by atoms with Crippen LogP contribution in [0.2, 0.25) is 5.15 Å². The van der Waals surface area contributed by atoms with Crippen molar-refractivity contribution in [3.05, 3.63) is 65.3 Å². The van der Waals surface area contributed by atoms with E-state index in [1.54, 1.807) is 12.1 Å². The zero-order valence-electron chi connectivity index (χ0n) is 13.6. The molecular weight excluding hydrogens is 336 g/mol. The van der Waals surface area contributed by atoms with Crippen LogP contribution in [0.15, 0.2) is 48.8 Å². The molecule has 1 N–H and O–H groups in total. The summed E-state index contributed by atoms with van der Waals surface area (Å²) in [6, 6.07) is 11.0. The molecule has 1 aromatic carbocycles. The van der Waals surface area contributed by atoms with Crippen molar-refractivity contribution in [2.45, 2.75) is 25.8 Å². The Morgan fingerprint density at radius 3 is 2.68 bits per heavy atom. The van der Waals surface area contributed by atoms with E-state index in [4.69, 9.17) is 16.6 Å². The van der Waals surface area contributed by atoms with Gasteiger partial charge in [-0.15, -0.1) is 0 Å². The van der Waals surface area contributed by atoms with Gasteiger partial charge in [0.15, 0.2) is 0 Å². The van der Waals surface area contributed by atoms with Crippen molar-refractivity contribution >= 4 is 23.2 Å². The highest BCUT2D eigenvalue weighted by molar-refractivity contribution is 6.29. The summed E-state index contributed by atoms with van der Waals surface area (Å²) < 4.78 is 2.24. The lowest BCUT2D eigenvalue weighted by Gasteiger charge is -2.11. The maximum Gasteiger partial charge on any atom is 0.257 e. The Morgan fingerprint density at radius 1 is 1.12 bits per heavy atom. The molecule has 1 aliphatic heterocycles. The minimum atomic E-state index is -0.214. The number of aromatic nitrogens is 3. The quantitative estimate of drug-likeness (QED) is 0.719. The van der Waals surface area contributed by atoms with E-state index in [9.17, 15) is 4.79 Å². The van der Waals surface area contributed by atoms with Crippen LogP contribution >= 0.6 is 11.6 Å². The number of hydrogen-bond donors (Lipinski definition) is 1. The van der Waals surface area contributed by atoms with Gasteiger partial charge < -0.3 is 9.88 Å². The number of carbonyl (C=O) groups is 1. The number of benzene rings is 1. The van der Waals surface area contributed by atoms with E-state index in [1.165, 1.54) is 19.0 Å². The number of fused-ring (bicyclic) bond motifs is 1. The summed E-state index contributed by atoms with van der Waals surface area (Å²) in [5, 5.41) is 3.22. The molecule has 3 aromatic rings. The van der Waals surface area contributed by atoms with Crippen molar-refractivity contribution < 1.29 is 4.79 Å².